The van der Waals surface area contributed by atoms with Crippen LogP contribution in [-0.4, -0.2) is 25.0 Å². The van der Waals surface area contributed by atoms with Crippen molar-refractivity contribution < 1.29 is 23.8 Å². The van der Waals surface area contributed by atoms with E-state index in [2.05, 4.69) is 0 Å². The molecule has 0 aliphatic rings. The number of ether oxygens (including phenoxy) is 3. The average molecular weight is 354 g/mol. The molecule has 0 amide bonds. The van der Waals surface area contributed by atoms with E-state index in [1.165, 1.54) is 6.08 Å². The van der Waals surface area contributed by atoms with E-state index in [1.54, 1.807) is 14.0 Å². The fourth-order valence-electron chi connectivity index (χ4n) is 2.09. The first-order valence-electron chi connectivity index (χ1n) is 8.25. The highest BCUT2D eigenvalue weighted by atomic mass is 16.5. The third kappa shape index (κ3) is 6.53. The normalized spacial score (nSPS) is 11.9. The van der Waals surface area contributed by atoms with Crippen LogP contribution in [0.2, 0.25) is 0 Å². The van der Waals surface area contributed by atoms with Crippen LogP contribution in [0.4, 0.5) is 0 Å². The maximum absolute atomic E-state index is 12.0. The summed E-state index contributed by atoms with van der Waals surface area (Å²) in [5, 5.41) is 0. The lowest BCUT2D eigenvalue weighted by Crippen LogP contribution is -2.19. The van der Waals surface area contributed by atoms with Gasteiger partial charge in [0.25, 0.3) is 0 Å². The highest BCUT2D eigenvalue weighted by Crippen LogP contribution is 2.12. The van der Waals surface area contributed by atoms with Gasteiger partial charge in [0.1, 0.15) is 18.5 Å². The van der Waals surface area contributed by atoms with Crippen molar-refractivity contribution in [3.05, 3.63) is 77.9 Å². The lowest BCUT2D eigenvalue weighted by molar-refractivity contribution is -0.139. The third-order valence-corrected chi connectivity index (χ3v) is 3.67. The molecule has 0 saturated heterocycles. The number of hydrogen-bond acceptors (Lipinski definition) is 5. The second-order valence-electron chi connectivity index (χ2n) is 5.63. The molecule has 136 valence electrons. The van der Waals surface area contributed by atoms with Crippen LogP contribution in [0.1, 0.15) is 18.1 Å². The van der Waals surface area contributed by atoms with E-state index in [9.17, 15) is 9.59 Å². The first-order valence-corrected chi connectivity index (χ1v) is 8.25. The molecule has 0 bridgehead atoms. The maximum atomic E-state index is 12.0. The summed E-state index contributed by atoms with van der Waals surface area (Å²) in [6.45, 7) is 2.11. The predicted octanol–water partition coefficient (Wildman–Crippen LogP) is 3.47. The zero-order chi connectivity index (χ0) is 18.8. The first-order chi connectivity index (χ1) is 12.6. The predicted molar refractivity (Wildman–Crippen MR) is 97.6 cm³/mol. The van der Waals surface area contributed by atoms with Crippen LogP contribution < -0.4 is 4.74 Å². The van der Waals surface area contributed by atoms with E-state index in [0.717, 1.165) is 23.0 Å². The molecule has 0 heterocycles. The molecule has 1 unspecified atom stereocenters. The number of esters is 1. The molecule has 0 saturated carbocycles. The van der Waals surface area contributed by atoms with Gasteiger partial charge < -0.3 is 14.2 Å². The lowest BCUT2D eigenvalue weighted by atomic mass is 10.2. The second-order valence-corrected chi connectivity index (χ2v) is 5.63. The van der Waals surface area contributed by atoms with Gasteiger partial charge in [0, 0.05) is 6.08 Å². The molecule has 0 aromatic heterocycles. The summed E-state index contributed by atoms with van der Waals surface area (Å²) in [6, 6.07) is 16.7. The Labute approximate surface area is 153 Å². The molecule has 0 spiro atoms. The smallest absolute Gasteiger partial charge is 0.331 e. The summed E-state index contributed by atoms with van der Waals surface area (Å²) in [5.41, 5.74) is 1.81. The van der Waals surface area contributed by atoms with Gasteiger partial charge in [-0.2, -0.15) is 0 Å². The number of carbonyl (C=O) groups excluding carboxylic acids is 2. The van der Waals surface area contributed by atoms with Crippen LogP contribution in [0.25, 0.3) is 0 Å². The van der Waals surface area contributed by atoms with E-state index in [-0.39, 0.29) is 12.4 Å². The molecule has 0 radical (unpaired) electrons. The van der Waals surface area contributed by atoms with E-state index in [1.807, 2.05) is 54.6 Å². The molecule has 2 aromatic rings. The lowest BCUT2D eigenvalue weighted by Gasteiger charge is -2.10. The number of rotatable bonds is 9. The number of benzene rings is 2. The van der Waals surface area contributed by atoms with Gasteiger partial charge in [0.15, 0.2) is 5.78 Å². The van der Waals surface area contributed by atoms with Crippen LogP contribution in [-0.2, 0) is 32.3 Å². The van der Waals surface area contributed by atoms with Crippen molar-refractivity contribution in [2.75, 3.05) is 7.11 Å². The molecule has 0 N–H and O–H groups in total. The fourth-order valence-corrected chi connectivity index (χ4v) is 2.09. The van der Waals surface area contributed by atoms with Crippen molar-refractivity contribution in [1.29, 1.82) is 0 Å². The van der Waals surface area contributed by atoms with Crippen molar-refractivity contribution in [2.45, 2.75) is 26.2 Å². The molecule has 0 fully saturated rings. The largest absolute Gasteiger partial charge is 0.497 e. The van der Waals surface area contributed by atoms with Gasteiger partial charge in [-0.15, -0.1) is 0 Å². The summed E-state index contributed by atoms with van der Waals surface area (Å²) >= 11 is 0. The van der Waals surface area contributed by atoms with Gasteiger partial charge in [0.2, 0.25) is 0 Å². The van der Waals surface area contributed by atoms with Crippen LogP contribution >= 0.6 is 0 Å². The minimum absolute atomic E-state index is 0.168. The van der Waals surface area contributed by atoms with Crippen molar-refractivity contribution in [1.82, 2.24) is 0 Å². The Morgan fingerprint density at radius 2 is 1.58 bits per heavy atom. The zero-order valence-electron chi connectivity index (χ0n) is 14.9. The Balaban J connectivity index is 1.74. The monoisotopic (exact) mass is 354 g/mol. The first kappa shape index (κ1) is 19.4. The number of hydrogen-bond donors (Lipinski definition) is 0. The molecule has 5 nitrogen and oxygen atoms in total. The molecule has 0 aliphatic heterocycles. The van der Waals surface area contributed by atoms with E-state index in [0.29, 0.717) is 6.61 Å². The van der Waals surface area contributed by atoms with Crippen LogP contribution in [0, 0.1) is 0 Å². The molecule has 5 heteroatoms. The zero-order valence-corrected chi connectivity index (χ0v) is 14.9. The summed E-state index contributed by atoms with van der Waals surface area (Å²) in [4.78, 5) is 23.7. The summed E-state index contributed by atoms with van der Waals surface area (Å²) < 4.78 is 15.7. The van der Waals surface area contributed by atoms with Crippen molar-refractivity contribution in [2.24, 2.45) is 0 Å². The van der Waals surface area contributed by atoms with Gasteiger partial charge in [-0.25, -0.2) is 4.79 Å². The van der Waals surface area contributed by atoms with Gasteiger partial charge in [-0.3, -0.25) is 4.79 Å². The Hall–Kier alpha value is -2.92. The Kier molecular flexibility index (Phi) is 7.58. The van der Waals surface area contributed by atoms with E-state index >= 15 is 0 Å². The van der Waals surface area contributed by atoms with Gasteiger partial charge in [-0.05, 0) is 36.3 Å². The van der Waals surface area contributed by atoms with Gasteiger partial charge in [-0.1, -0.05) is 42.5 Å². The number of methoxy groups -OCH3 is 1. The van der Waals surface area contributed by atoms with Crippen molar-refractivity contribution in [3.63, 3.8) is 0 Å². The minimum Gasteiger partial charge on any atom is -0.497 e. The molecule has 2 aromatic carbocycles. The summed E-state index contributed by atoms with van der Waals surface area (Å²) in [5.74, 6) is -0.102. The molecule has 2 rings (SSSR count). The van der Waals surface area contributed by atoms with Crippen LogP contribution in [0.15, 0.2) is 66.7 Å². The number of ketones is 1. The molecular formula is C21H22O5. The molecular weight excluding hydrogens is 332 g/mol. The minimum atomic E-state index is -0.657. The number of carbonyl (C=O) groups is 2. The van der Waals surface area contributed by atoms with Gasteiger partial charge in [0.05, 0.1) is 13.7 Å². The van der Waals surface area contributed by atoms with Crippen molar-refractivity contribution >= 4 is 11.8 Å². The Morgan fingerprint density at radius 1 is 0.923 bits per heavy atom. The topological polar surface area (TPSA) is 61.8 Å². The average Bonchev–Trinajstić information content (AvgIpc) is 2.69. The molecule has 0 aliphatic carbocycles. The highest BCUT2D eigenvalue weighted by Gasteiger charge is 2.11. The van der Waals surface area contributed by atoms with Gasteiger partial charge >= 0.3 is 5.97 Å². The molecule has 1 atom stereocenters. The Morgan fingerprint density at radius 3 is 2.23 bits per heavy atom. The second kappa shape index (κ2) is 10.2. The van der Waals surface area contributed by atoms with E-state index in [4.69, 9.17) is 14.2 Å². The van der Waals surface area contributed by atoms with Crippen LogP contribution in [0.5, 0.6) is 5.75 Å². The van der Waals surface area contributed by atoms with Crippen LogP contribution in [0.3, 0.4) is 0 Å². The summed E-state index contributed by atoms with van der Waals surface area (Å²) in [7, 11) is 1.60. The van der Waals surface area contributed by atoms with E-state index < -0.39 is 12.1 Å². The Bertz CT molecular complexity index is 735. The fraction of sp³-hybridized carbons (Fsp3) is 0.238. The molecule has 26 heavy (non-hydrogen) atoms. The summed E-state index contributed by atoms with van der Waals surface area (Å²) in [6.07, 6.45) is 1.65. The standard InChI is InChI=1S/C21H22O5/c1-16(25-14-18-8-10-19(24-2)11-9-18)20(22)12-13-21(23)26-15-17-6-4-3-5-7-17/h3-13,16H,14-15H2,1-2H3/b13-12+. The SMILES string of the molecule is COc1ccc(COC(C)C(=O)/C=C/C(=O)OCc2ccccc2)cc1. The third-order valence-electron chi connectivity index (χ3n) is 3.67. The van der Waals surface area contributed by atoms with Crippen molar-refractivity contribution in [3.8, 4) is 5.75 Å². The quantitative estimate of drug-likeness (QED) is 0.510. The highest BCUT2D eigenvalue weighted by molar-refractivity contribution is 5.98. The maximum Gasteiger partial charge on any atom is 0.331 e.